The number of aliphatic hydroxyl groups excluding tert-OH is 1. The molecule has 0 bridgehead atoms. The molecule has 2 saturated heterocycles. The van der Waals surface area contributed by atoms with Gasteiger partial charge in [0.1, 0.15) is 0 Å². The minimum absolute atomic E-state index is 0.0632. The van der Waals surface area contributed by atoms with E-state index in [1.165, 1.54) is 12.1 Å². The first-order valence-electron chi connectivity index (χ1n) is 10.9. The Kier molecular flexibility index (Phi) is 5.87. The molecule has 5 nitrogen and oxygen atoms in total. The number of nitriles is 1. The minimum atomic E-state index is -4.63. The predicted octanol–water partition coefficient (Wildman–Crippen LogP) is 4.15. The van der Waals surface area contributed by atoms with E-state index in [-0.39, 0.29) is 18.4 Å². The van der Waals surface area contributed by atoms with E-state index in [0.29, 0.717) is 43.9 Å². The third kappa shape index (κ3) is 4.18. The molecule has 2 fully saturated rings. The fraction of sp³-hybridized carbons (Fsp3) is 0.440. The second-order valence-electron chi connectivity index (χ2n) is 9.27. The normalized spacial score (nSPS) is 22.8. The van der Waals surface area contributed by atoms with Crippen LogP contribution in [0.15, 0.2) is 36.4 Å². The number of anilines is 1. The van der Waals surface area contributed by atoms with Gasteiger partial charge in [-0.1, -0.05) is 17.7 Å². The van der Waals surface area contributed by atoms with Crippen LogP contribution in [0.3, 0.4) is 0 Å². The van der Waals surface area contributed by atoms with E-state index in [0.717, 1.165) is 17.2 Å². The molecule has 1 N–H and O–H groups in total. The zero-order valence-corrected chi connectivity index (χ0v) is 18.6. The van der Waals surface area contributed by atoms with Gasteiger partial charge in [0.15, 0.2) is 0 Å². The topological polar surface area (TPSA) is 67.6 Å². The number of nitrogens with zero attached hydrogens (tertiary/aromatic N) is 3. The van der Waals surface area contributed by atoms with Crippen LogP contribution in [0.2, 0.25) is 0 Å². The first-order chi connectivity index (χ1) is 15.6. The maximum absolute atomic E-state index is 13.4. The number of amides is 1. The summed E-state index contributed by atoms with van der Waals surface area (Å²) in [6, 6.07) is 11.1. The van der Waals surface area contributed by atoms with Crippen LogP contribution in [0.4, 0.5) is 18.9 Å². The number of aliphatic hydroxyl groups is 1. The van der Waals surface area contributed by atoms with Crippen molar-refractivity contribution in [3.8, 4) is 6.07 Å². The van der Waals surface area contributed by atoms with Crippen LogP contribution in [0.1, 0.15) is 39.0 Å². The zero-order chi connectivity index (χ0) is 24.0. The number of carbonyl (C=O) groups is 1. The van der Waals surface area contributed by atoms with E-state index in [9.17, 15) is 23.1 Å². The van der Waals surface area contributed by atoms with E-state index in [1.807, 2.05) is 36.9 Å². The summed E-state index contributed by atoms with van der Waals surface area (Å²) in [7, 11) is 0. The SMILES string of the molecule is Cc1ccc(C)c(C(=O)N2C[C@H]3CCN(c4ccc(C#N)c(C(F)(F)F)c4)C[C@@]3(CO)C2)c1. The number of carbonyl (C=O) groups excluding carboxylic acids is 1. The molecule has 2 aromatic carbocycles. The summed E-state index contributed by atoms with van der Waals surface area (Å²) in [5, 5.41) is 19.4. The van der Waals surface area contributed by atoms with Gasteiger partial charge in [0.05, 0.1) is 23.8 Å². The third-order valence-electron chi connectivity index (χ3n) is 7.09. The van der Waals surface area contributed by atoms with Crippen molar-refractivity contribution >= 4 is 11.6 Å². The second kappa shape index (κ2) is 8.38. The molecule has 2 aromatic rings. The molecular formula is C25H26F3N3O2. The molecule has 174 valence electrons. The quantitative estimate of drug-likeness (QED) is 0.752. The van der Waals surface area contributed by atoms with Gasteiger partial charge >= 0.3 is 6.18 Å². The van der Waals surface area contributed by atoms with E-state index in [4.69, 9.17) is 5.26 Å². The highest BCUT2D eigenvalue weighted by Crippen LogP contribution is 2.44. The number of rotatable bonds is 3. The minimum Gasteiger partial charge on any atom is -0.396 e. The smallest absolute Gasteiger partial charge is 0.396 e. The lowest BCUT2D eigenvalue weighted by Gasteiger charge is -2.44. The molecule has 0 spiro atoms. The summed E-state index contributed by atoms with van der Waals surface area (Å²) in [6.45, 7) is 5.38. The Morgan fingerprint density at radius 3 is 2.64 bits per heavy atom. The van der Waals surface area contributed by atoms with Crippen LogP contribution in [0.5, 0.6) is 0 Å². The van der Waals surface area contributed by atoms with E-state index >= 15 is 0 Å². The molecule has 4 rings (SSSR count). The molecule has 0 saturated carbocycles. The molecule has 2 atom stereocenters. The van der Waals surface area contributed by atoms with Crippen molar-refractivity contribution in [3.63, 3.8) is 0 Å². The maximum atomic E-state index is 13.4. The number of likely N-dealkylation sites (tertiary alicyclic amines) is 1. The molecule has 2 aliphatic heterocycles. The van der Waals surface area contributed by atoms with Crippen molar-refractivity contribution in [1.29, 1.82) is 5.26 Å². The Bertz CT molecular complexity index is 1120. The highest BCUT2D eigenvalue weighted by molar-refractivity contribution is 5.96. The molecule has 0 unspecified atom stereocenters. The van der Waals surface area contributed by atoms with Gasteiger partial charge in [-0.15, -0.1) is 0 Å². The summed E-state index contributed by atoms with van der Waals surface area (Å²) in [5.74, 6) is -0.0176. The Hall–Kier alpha value is -3.05. The Morgan fingerprint density at radius 2 is 1.97 bits per heavy atom. The van der Waals surface area contributed by atoms with Crippen LogP contribution >= 0.6 is 0 Å². The molecular weight excluding hydrogens is 431 g/mol. The predicted molar refractivity (Wildman–Crippen MR) is 118 cm³/mol. The fourth-order valence-corrected chi connectivity index (χ4v) is 5.18. The second-order valence-corrected chi connectivity index (χ2v) is 9.27. The van der Waals surface area contributed by atoms with Crippen LogP contribution in [0.25, 0.3) is 0 Å². The molecule has 1 amide bonds. The fourth-order valence-electron chi connectivity index (χ4n) is 5.18. The number of piperidine rings is 1. The lowest BCUT2D eigenvalue weighted by atomic mass is 9.74. The van der Waals surface area contributed by atoms with Gasteiger partial charge in [-0.25, -0.2) is 0 Å². The van der Waals surface area contributed by atoms with Crippen molar-refractivity contribution in [2.24, 2.45) is 11.3 Å². The van der Waals surface area contributed by atoms with Crippen molar-refractivity contribution < 1.29 is 23.1 Å². The number of halogens is 3. The number of hydrogen-bond acceptors (Lipinski definition) is 4. The number of fused-ring (bicyclic) bond motifs is 1. The summed E-state index contributed by atoms with van der Waals surface area (Å²) in [6.07, 6.45) is -3.98. The van der Waals surface area contributed by atoms with E-state index in [2.05, 4.69) is 0 Å². The average molecular weight is 457 g/mol. The monoisotopic (exact) mass is 457 g/mol. The zero-order valence-electron chi connectivity index (χ0n) is 18.6. The van der Waals surface area contributed by atoms with Gasteiger partial charge in [0.2, 0.25) is 0 Å². The van der Waals surface area contributed by atoms with Gasteiger partial charge in [0.25, 0.3) is 5.91 Å². The van der Waals surface area contributed by atoms with Crippen molar-refractivity contribution in [2.45, 2.75) is 26.4 Å². The van der Waals surface area contributed by atoms with Crippen LogP contribution < -0.4 is 4.90 Å². The molecule has 0 aromatic heterocycles. The Morgan fingerprint density at radius 1 is 1.21 bits per heavy atom. The molecule has 8 heteroatoms. The summed E-state index contributed by atoms with van der Waals surface area (Å²) in [5.41, 5.74) is 0.900. The van der Waals surface area contributed by atoms with E-state index in [1.54, 1.807) is 11.0 Å². The van der Waals surface area contributed by atoms with Crippen LogP contribution in [0, 0.1) is 36.5 Å². The summed E-state index contributed by atoms with van der Waals surface area (Å²) in [4.78, 5) is 16.9. The van der Waals surface area contributed by atoms with Crippen LogP contribution in [-0.2, 0) is 6.18 Å². The molecule has 33 heavy (non-hydrogen) atoms. The number of benzene rings is 2. The lowest BCUT2D eigenvalue weighted by Crippen LogP contribution is -2.51. The van der Waals surface area contributed by atoms with Gasteiger partial charge in [0, 0.05) is 42.8 Å². The molecule has 2 heterocycles. The highest BCUT2D eigenvalue weighted by Gasteiger charge is 2.51. The Balaban J connectivity index is 1.60. The Labute approximate surface area is 191 Å². The van der Waals surface area contributed by atoms with Crippen molar-refractivity contribution in [3.05, 3.63) is 64.2 Å². The number of hydrogen-bond donors (Lipinski definition) is 1. The summed E-state index contributed by atoms with van der Waals surface area (Å²) < 4.78 is 40.3. The number of aryl methyl sites for hydroxylation is 2. The third-order valence-corrected chi connectivity index (χ3v) is 7.09. The van der Waals surface area contributed by atoms with Gasteiger partial charge < -0.3 is 14.9 Å². The van der Waals surface area contributed by atoms with Gasteiger partial charge in [-0.3, -0.25) is 4.79 Å². The molecule has 0 radical (unpaired) electrons. The van der Waals surface area contributed by atoms with Gasteiger partial charge in [-0.05, 0) is 56.0 Å². The van der Waals surface area contributed by atoms with E-state index < -0.39 is 22.7 Å². The highest BCUT2D eigenvalue weighted by atomic mass is 19.4. The maximum Gasteiger partial charge on any atom is 0.417 e. The average Bonchev–Trinajstić information content (AvgIpc) is 3.18. The molecule has 2 aliphatic rings. The van der Waals surface area contributed by atoms with Gasteiger partial charge in [-0.2, -0.15) is 18.4 Å². The first kappa shape index (κ1) is 23.1. The summed E-state index contributed by atoms with van der Waals surface area (Å²) >= 11 is 0. The first-order valence-corrected chi connectivity index (χ1v) is 10.9. The largest absolute Gasteiger partial charge is 0.417 e. The van der Waals surface area contributed by atoms with Crippen molar-refractivity contribution in [2.75, 3.05) is 37.7 Å². The molecule has 0 aliphatic carbocycles. The van der Waals surface area contributed by atoms with Crippen molar-refractivity contribution in [1.82, 2.24) is 4.90 Å². The lowest BCUT2D eigenvalue weighted by molar-refractivity contribution is -0.137. The number of alkyl halides is 3. The van der Waals surface area contributed by atoms with Crippen LogP contribution in [-0.4, -0.2) is 48.7 Å². The standard InChI is InChI=1S/C25H26F3N3O2/c1-16-3-4-17(2)21(9-16)23(33)31-12-19-7-8-30(13-24(19,14-31)15-32)20-6-5-18(11-29)22(10-20)25(26,27)28/h3-6,9-10,19,32H,7-8,12-15H2,1-2H3/t19-,24+/m1/s1.